The van der Waals surface area contributed by atoms with Crippen LogP contribution in [0.1, 0.15) is 58.8 Å². The molecule has 132 valence electrons. The lowest BCUT2D eigenvalue weighted by atomic mass is 9.76. The largest absolute Gasteiger partial charge is 0.386 e. The third-order valence-electron chi connectivity index (χ3n) is 6.47. The van der Waals surface area contributed by atoms with Gasteiger partial charge in [-0.2, -0.15) is 0 Å². The van der Waals surface area contributed by atoms with Gasteiger partial charge >= 0.3 is 0 Å². The van der Waals surface area contributed by atoms with Crippen molar-refractivity contribution in [3.05, 3.63) is 0 Å². The molecule has 2 atom stereocenters. The fraction of sp³-hybridized carbons (Fsp3) is 0.944. The normalized spacial score (nSPS) is 35.6. The molecule has 0 aromatic rings. The molecule has 1 saturated carbocycles. The molecule has 3 aliphatic rings. The fourth-order valence-electron chi connectivity index (χ4n) is 4.71. The zero-order valence-corrected chi connectivity index (χ0v) is 14.9. The number of hydrogen-bond donors (Lipinski definition) is 1. The molecule has 0 radical (unpaired) electrons. The second-order valence-corrected chi connectivity index (χ2v) is 8.15. The monoisotopic (exact) mass is 324 g/mol. The Bertz CT molecular complexity index is 438. The van der Waals surface area contributed by atoms with Crippen molar-refractivity contribution in [2.75, 3.05) is 26.7 Å². The second-order valence-electron chi connectivity index (χ2n) is 8.15. The van der Waals surface area contributed by atoms with Crippen LogP contribution in [0.5, 0.6) is 0 Å². The van der Waals surface area contributed by atoms with Crippen molar-refractivity contribution >= 4 is 5.91 Å². The molecule has 5 nitrogen and oxygen atoms in total. The summed E-state index contributed by atoms with van der Waals surface area (Å²) in [6, 6.07) is 0.613. The van der Waals surface area contributed by atoms with Crippen LogP contribution < -0.4 is 0 Å². The number of ether oxygens (including phenoxy) is 1. The second kappa shape index (κ2) is 6.34. The van der Waals surface area contributed by atoms with E-state index in [-0.39, 0.29) is 17.6 Å². The first-order chi connectivity index (χ1) is 10.8. The molecule has 0 aromatic heterocycles. The summed E-state index contributed by atoms with van der Waals surface area (Å²) in [6.07, 6.45) is 8.21. The molecule has 0 unspecified atom stereocenters. The molecule has 1 spiro atoms. The summed E-state index contributed by atoms with van der Waals surface area (Å²) < 4.78 is 6.18. The average molecular weight is 324 g/mol. The maximum Gasteiger partial charge on any atom is 0.219 e. The summed E-state index contributed by atoms with van der Waals surface area (Å²) in [4.78, 5) is 16.1. The lowest BCUT2D eigenvalue weighted by molar-refractivity contribution is -0.210. The van der Waals surface area contributed by atoms with E-state index >= 15 is 0 Å². The SMILES string of the molecule is CC(=O)N(C)[C@H]1CC2(CCN(C3CCCC3)CC2)OC[C@]1(C)O. The van der Waals surface area contributed by atoms with Crippen LogP contribution in [0.25, 0.3) is 0 Å². The molecule has 1 aliphatic carbocycles. The first-order valence-corrected chi connectivity index (χ1v) is 9.17. The Morgan fingerprint density at radius 3 is 2.43 bits per heavy atom. The lowest BCUT2D eigenvalue weighted by Crippen LogP contribution is -2.64. The number of carbonyl (C=O) groups excluding carboxylic acids is 1. The van der Waals surface area contributed by atoms with Gasteiger partial charge in [-0.1, -0.05) is 12.8 Å². The highest BCUT2D eigenvalue weighted by Crippen LogP contribution is 2.41. The van der Waals surface area contributed by atoms with Gasteiger partial charge in [0.1, 0.15) is 5.60 Å². The van der Waals surface area contributed by atoms with Crippen LogP contribution in [-0.4, -0.2) is 70.8 Å². The summed E-state index contributed by atoms with van der Waals surface area (Å²) in [5, 5.41) is 10.7. The van der Waals surface area contributed by atoms with Crippen LogP contribution in [-0.2, 0) is 9.53 Å². The number of amides is 1. The van der Waals surface area contributed by atoms with Crippen molar-refractivity contribution in [1.82, 2.24) is 9.80 Å². The Hall–Kier alpha value is -0.650. The van der Waals surface area contributed by atoms with Gasteiger partial charge < -0.3 is 19.6 Å². The Labute approximate surface area is 140 Å². The summed E-state index contributed by atoms with van der Waals surface area (Å²) in [6.45, 7) is 5.85. The minimum atomic E-state index is -0.964. The molecular weight excluding hydrogens is 292 g/mol. The van der Waals surface area contributed by atoms with E-state index in [1.807, 2.05) is 0 Å². The number of likely N-dealkylation sites (tertiary alicyclic amines) is 1. The molecule has 3 rings (SSSR count). The highest BCUT2D eigenvalue weighted by Gasteiger charge is 2.50. The summed E-state index contributed by atoms with van der Waals surface area (Å²) in [5.74, 6) is 0.00992. The van der Waals surface area contributed by atoms with Crippen LogP contribution in [0.4, 0.5) is 0 Å². The summed E-state index contributed by atoms with van der Waals surface area (Å²) in [7, 11) is 1.80. The number of likely N-dealkylation sites (N-methyl/N-ethyl adjacent to an activating group) is 1. The van der Waals surface area contributed by atoms with Gasteiger partial charge in [0.2, 0.25) is 5.91 Å². The summed E-state index contributed by atoms with van der Waals surface area (Å²) in [5.41, 5.74) is -1.13. The Morgan fingerprint density at radius 2 is 1.87 bits per heavy atom. The van der Waals surface area contributed by atoms with E-state index in [9.17, 15) is 9.90 Å². The van der Waals surface area contributed by atoms with Gasteiger partial charge in [-0.3, -0.25) is 4.79 Å². The molecule has 5 heteroatoms. The van der Waals surface area contributed by atoms with Gasteiger partial charge in [0.05, 0.1) is 18.2 Å². The molecule has 3 fully saturated rings. The standard InChI is InChI=1S/C18H32N2O3/c1-14(21)19(3)16-12-18(23-13-17(16,2)22)8-10-20(11-9-18)15-6-4-5-7-15/h15-16,22H,4-13H2,1-3H3/t16-,17-/m0/s1. The predicted octanol–water partition coefficient (Wildman–Crippen LogP) is 1.78. The molecule has 1 N–H and O–H groups in total. The lowest BCUT2D eigenvalue weighted by Gasteiger charge is -2.53. The molecular formula is C18H32N2O3. The van der Waals surface area contributed by atoms with Gasteiger partial charge in [-0.25, -0.2) is 0 Å². The van der Waals surface area contributed by atoms with Crippen molar-refractivity contribution in [3.63, 3.8) is 0 Å². The van der Waals surface area contributed by atoms with Crippen molar-refractivity contribution in [1.29, 1.82) is 0 Å². The molecule has 0 aromatic carbocycles. The maximum absolute atomic E-state index is 11.8. The van der Waals surface area contributed by atoms with E-state index in [1.165, 1.54) is 25.7 Å². The molecule has 0 bridgehead atoms. The van der Waals surface area contributed by atoms with E-state index in [0.29, 0.717) is 6.61 Å². The van der Waals surface area contributed by atoms with Crippen molar-refractivity contribution in [3.8, 4) is 0 Å². The average Bonchev–Trinajstić information content (AvgIpc) is 3.04. The van der Waals surface area contributed by atoms with E-state index in [4.69, 9.17) is 4.74 Å². The quantitative estimate of drug-likeness (QED) is 0.841. The topological polar surface area (TPSA) is 53.0 Å². The zero-order chi connectivity index (χ0) is 16.7. The maximum atomic E-state index is 11.8. The Kier molecular flexibility index (Phi) is 4.73. The van der Waals surface area contributed by atoms with Gasteiger partial charge in [-0.15, -0.1) is 0 Å². The number of nitrogens with zero attached hydrogens (tertiary/aromatic N) is 2. The zero-order valence-electron chi connectivity index (χ0n) is 14.9. The number of rotatable bonds is 2. The summed E-state index contributed by atoms with van der Waals surface area (Å²) >= 11 is 0. The predicted molar refractivity (Wildman–Crippen MR) is 89.2 cm³/mol. The first-order valence-electron chi connectivity index (χ1n) is 9.17. The first kappa shape index (κ1) is 17.2. The van der Waals surface area contributed by atoms with Gasteiger partial charge in [0, 0.05) is 33.1 Å². The van der Waals surface area contributed by atoms with Crippen LogP contribution in [0.15, 0.2) is 0 Å². The molecule has 2 saturated heterocycles. The molecule has 1 amide bonds. The van der Waals surface area contributed by atoms with E-state index in [2.05, 4.69) is 4.90 Å². The molecule has 23 heavy (non-hydrogen) atoms. The van der Waals surface area contributed by atoms with Crippen molar-refractivity contribution < 1.29 is 14.6 Å². The number of carbonyl (C=O) groups is 1. The van der Waals surface area contributed by atoms with Gasteiger partial charge in [0.15, 0.2) is 0 Å². The van der Waals surface area contributed by atoms with Crippen molar-refractivity contribution in [2.24, 2.45) is 0 Å². The Balaban J connectivity index is 1.65. The van der Waals surface area contributed by atoms with Crippen LogP contribution >= 0.6 is 0 Å². The molecule has 2 aliphatic heterocycles. The van der Waals surface area contributed by atoms with E-state index in [0.717, 1.165) is 38.4 Å². The van der Waals surface area contributed by atoms with Gasteiger partial charge in [-0.05, 0) is 39.0 Å². The molecule has 2 heterocycles. The van der Waals surface area contributed by atoms with Crippen molar-refractivity contribution in [2.45, 2.75) is 82.1 Å². The smallest absolute Gasteiger partial charge is 0.219 e. The number of piperidine rings is 1. The Morgan fingerprint density at radius 1 is 1.26 bits per heavy atom. The highest BCUT2D eigenvalue weighted by molar-refractivity contribution is 5.73. The third kappa shape index (κ3) is 3.42. The number of hydrogen-bond acceptors (Lipinski definition) is 4. The van der Waals surface area contributed by atoms with Crippen LogP contribution in [0, 0.1) is 0 Å². The van der Waals surface area contributed by atoms with E-state index < -0.39 is 5.60 Å². The highest BCUT2D eigenvalue weighted by atomic mass is 16.5. The minimum absolute atomic E-state index is 0.00992. The number of aliphatic hydroxyl groups is 1. The minimum Gasteiger partial charge on any atom is -0.386 e. The van der Waals surface area contributed by atoms with Crippen LogP contribution in [0.3, 0.4) is 0 Å². The van der Waals surface area contributed by atoms with Crippen LogP contribution in [0.2, 0.25) is 0 Å². The fourth-order valence-corrected chi connectivity index (χ4v) is 4.71. The van der Waals surface area contributed by atoms with E-state index in [1.54, 1.807) is 25.8 Å². The third-order valence-corrected chi connectivity index (χ3v) is 6.47. The van der Waals surface area contributed by atoms with Gasteiger partial charge in [0.25, 0.3) is 0 Å².